The quantitative estimate of drug-likeness (QED) is 0.471. The van der Waals surface area contributed by atoms with Gasteiger partial charge in [0.15, 0.2) is 0 Å². The normalized spacial score (nSPS) is 12.1. The first-order valence-corrected chi connectivity index (χ1v) is 10.3. The number of fused-ring (bicyclic) bond motifs is 1. The zero-order chi connectivity index (χ0) is 22.5. The fourth-order valence-corrected chi connectivity index (χ4v) is 3.80. The van der Waals surface area contributed by atoms with Crippen molar-refractivity contribution in [2.24, 2.45) is 0 Å². The first kappa shape index (κ1) is 21.4. The molecule has 1 heterocycles. The molecule has 164 valence electrons. The molecule has 0 saturated heterocycles. The van der Waals surface area contributed by atoms with Crippen molar-refractivity contribution in [3.63, 3.8) is 0 Å². The molecule has 1 aliphatic rings. The second kappa shape index (κ2) is 9.53. The molecule has 0 aromatic heterocycles. The van der Waals surface area contributed by atoms with Crippen molar-refractivity contribution in [1.29, 1.82) is 0 Å². The Bertz CT molecular complexity index is 1140. The van der Waals surface area contributed by atoms with Gasteiger partial charge in [-0.3, -0.25) is 9.59 Å². The molecular weight excluding hydrogens is 406 g/mol. The molecule has 7 nitrogen and oxygen atoms in total. The minimum atomic E-state index is -0.277. The van der Waals surface area contributed by atoms with E-state index in [0.717, 1.165) is 28.1 Å². The molecular formula is C25H25N3O4. The van der Waals surface area contributed by atoms with Crippen LogP contribution in [0, 0.1) is 0 Å². The van der Waals surface area contributed by atoms with Crippen LogP contribution in [0.1, 0.15) is 26.3 Å². The van der Waals surface area contributed by atoms with Crippen molar-refractivity contribution in [3.8, 4) is 16.9 Å². The molecule has 0 aliphatic carbocycles. The van der Waals surface area contributed by atoms with Gasteiger partial charge < -0.3 is 25.4 Å². The van der Waals surface area contributed by atoms with E-state index in [2.05, 4.69) is 16.0 Å². The average molecular weight is 431 g/mol. The highest BCUT2D eigenvalue weighted by atomic mass is 16.5. The van der Waals surface area contributed by atoms with Crippen molar-refractivity contribution in [2.75, 3.05) is 38.0 Å². The van der Waals surface area contributed by atoms with Crippen LogP contribution in [0.4, 0.5) is 11.4 Å². The van der Waals surface area contributed by atoms with Gasteiger partial charge in [-0.2, -0.15) is 0 Å². The van der Waals surface area contributed by atoms with E-state index in [1.165, 1.54) is 0 Å². The van der Waals surface area contributed by atoms with Crippen LogP contribution in [0.25, 0.3) is 11.1 Å². The minimum Gasteiger partial charge on any atom is -0.496 e. The topological polar surface area (TPSA) is 88.7 Å². The number of hydrogen-bond donors (Lipinski definition) is 3. The van der Waals surface area contributed by atoms with Crippen LogP contribution in [0.15, 0.2) is 60.7 Å². The monoisotopic (exact) mass is 431 g/mol. The van der Waals surface area contributed by atoms with Crippen molar-refractivity contribution in [1.82, 2.24) is 5.32 Å². The number of benzene rings is 3. The average Bonchev–Trinajstić information content (AvgIpc) is 3.22. The molecule has 0 radical (unpaired) electrons. The second-order valence-corrected chi connectivity index (χ2v) is 7.35. The maximum absolute atomic E-state index is 12.8. The van der Waals surface area contributed by atoms with E-state index in [4.69, 9.17) is 9.47 Å². The molecule has 0 bridgehead atoms. The zero-order valence-electron chi connectivity index (χ0n) is 18.0. The molecule has 7 heteroatoms. The standard InChI is InChI=1S/C25H25N3O4/c1-31-14-13-26-17-9-7-16(8-10-17)24(29)28-21-12-11-18(20-15-27-25(30)23(20)21)19-5-3-4-6-22(19)32-2/h3-12,26H,13-15H2,1-2H3,(H,27,30)(H,28,29). The maximum Gasteiger partial charge on any atom is 0.255 e. The Labute approximate surface area is 186 Å². The number of anilines is 2. The maximum atomic E-state index is 12.8. The summed E-state index contributed by atoms with van der Waals surface area (Å²) in [5.74, 6) is 0.246. The van der Waals surface area contributed by atoms with Crippen LogP contribution in [0.5, 0.6) is 5.75 Å². The Kier molecular flexibility index (Phi) is 6.37. The van der Waals surface area contributed by atoms with Crippen molar-refractivity contribution in [3.05, 3.63) is 77.4 Å². The zero-order valence-corrected chi connectivity index (χ0v) is 18.0. The van der Waals surface area contributed by atoms with E-state index in [9.17, 15) is 9.59 Å². The van der Waals surface area contributed by atoms with Gasteiger partial charge in [0.2, 0.25) is 0 Å². The predicted molar refractivity (Wildman–Crippen MR) is 124 cm³/mol. The van der Waals surface area contributed by atoms with Crippen LogP contribution in [0.3, 0.4) is 0 Å². The van der Waals surface area contributed by atoms with Crippen LogP contribution >= 0.6 is 0 Å². The lowest BCUT2D eigenvalue weighted by molar-refractivity contribution is 0.0966. The summed E-state index contributed by atoms with van der Waals surface area (Å²) in [6.07, 6.45) is 0. The van der Waals surface area contributed by atoms with Crippen LogP contribution < -0.4 is 20.7 Å². The predicted octanol–water partition coefficient (Wildman–Crippen LogP) is 3.92. The molecule has 3 aromatic rings. The van der Waals surface area contributed by atoms with Crippen molar-refractivity contribution >= 4 is 23.2 Å². The summed E-state index contributed by atoms with van der Waals surface area (Å²) >= 11 is 0. The van der Waals surface area contributed by atoms with Crippen LogP contribution in [-0.4, -0.2) is 39.2 Å². The fraction of sp³-hybridized carbons (Fsp3) is 0.200. The Morgan fingerprint density at radius 3 is 2.53 bits per heavy atom. The Morgan fingerprint density at radius 1 is 1.00 bits per heavy atom. The summed E-state index contributed by atoms with van der Waals surface area (Å²) in [6, 6.07) is 18.5. The molecule has 0 saturated carbocycles. The number of rotatable bonds is 8. The molecule has 4 rings (SSSR count). The number of amides is 2. The first-order valence-electron chi connectivity index (χ1n) is 10.3. The highest BCUT2D eigenvalue weighted by Gasteiger charge is 2.27. The van der Waals surface area contributed by atoms with Crippen molar-refractivity contribution in [2.45, 2.75) is 6.54 Å². The van der Waals surface area contributed by atoms with E-state index < -0.39 is 0 Å². The van der Waals surface area contributed by atoms with Gasteiger partial charge in [0.1, 0.15) is 5.75 Å². The summed E-state index contributed by atoms with van der Waals surface area (Å²) in [5.41, 5.74) is 5.02. The van der Waals surface area contributed by atoms with E-state index in [1.807, 2.05) is 42.5 Å². The number of ether oxygens (including phenoxy) is 2. The van der Waals surface area contributed by atoms with Crippen molar-refractivity contribution < 1.29 is 19.1 Å². The fourth-order valence-electron chi connectivity index (χ4n) is 3.80. The van der Waals surface area contributed by atoms with Gasteiger partial charge in [0.05, 0.1) is 25.0 Å². The lowest BCUT2D eigenvalue weighted by atomic mass is 9.95. The smallest absolute Gasteiger partial charge is 0.255 e. The van der Waals surface area contributed by atoms with Gasteiger partial charge in [-0.1, -0.05) is 24.3 Å². The number of methoxy groups -OCH3 is 2. The van der Waals surface area contributed by atoms with Gasteiger partial charge >= 0.3 is 0 Å². The van der Waals surface area contributed by atoms with Gasteiger partial charge in [-0.05, 0) is 47.5 Å². The third-order valence-corrected chi connectivity index (χ3v) is 5.39. The summed E-state index contributed by atoms with van der Waals surface area (Å²) in [6.45, 7) is 1.68. The number of para-hydroxylation sites is 1. The van der Waals surface area contributed by atoms with Crippen LogP contribution in [-0.2, 0) is 11.3 Å². The molecule has 0 spiro atoms. The first-order chi connectivity index (χ1) is 15.6. The lowest BCUT2D eigenvalue weighted by Crippen LogP contribution is -2.17. The van der Waals surface area contributed by atoms with E-state index >= 15 is 0 Å². The minimum absolute atomic E-state index is 0.204. The summed E-state index contributed by atoms with van der Waals surface area (Å²) < 4.78 is 10.5. The molecule has 1 aliphatic heterocycles. The number of carbonyl (C=O) groups is 2. The SMILES string of the molecule is COCCNc1ccc(C(=O)Nc2ccc(-c3ccccc3OC)c3c2C(=O)NC3)cc1. The molecule has 0 atom stereocenters. The van der Waals surface area contributed by atoms with Crippen LogP contribution in [0.2, 0.25) is 0 Å². The molecule has 2 amide bonds. The number of nitrogens with one attached hydrogen (secondary N) is 3. The van der Waals surface area contributed by atoms with Gasteiger partial charge in [-0.25, -0.2) is 0 Å². The molecule has 32 heavy (non-hydrogen) atoms. The summed E-state index contributed by atoms with van der Waals surface area (Å²) in [4.78, 5) is 25.4. The summed E-state index contributed by atoms with van der Waals surface area (Å²) in [7, 11) is 3.27. The molecule has 3 aromatic carbocycles. The summed E-state index contributed by atoms with van der Waals surface area (Å²) in [5, 5.41) is 8.98. The highest BCUT2D eigenvalue weighted by molar-refractivity contribution is 6.11. The molecule has 3 N–H and O–H groups in total. The van der Waals surface area contributed by atoms with E-state index in [1.54, 1.807) is 32.4 Å². The molecule has 0 unspecified atom stereocenters. The van der Waals surface area contributed by atoms with E-state index in [0.29, 0.717) is 36.5 Å². The largest absolute Gasteiger partial charge is 0.496 e. The van der Waals surface area contributed by atoms with Gasteiger partial charge in [0.25, 0.3) is 11.8 Å². The Balaban J connectivity index is 1.59. The highest BCUT2D eigenvalue weighted by Crippen LogP contribution is 2.38. The number of hydrogen-bond acceptors (Lipinski definition) is 5. The molecule has 0 fully saturated rings. The van der Waals surface area contributed by atoms with E-state index in [-0.39, 0.29) is 11.8 Å². The van der Waals surface area contributed by atoms with Gasteiger partial charge in [-0.15, -0.1) is 0 Å². The third kappa shape index (κ3) is 4.29. The Morgan fingerprint density at radius 2 is 1.78 bits per heavy atom. The Hall–Kier alpha value is -3.84. The lowest BCUT2D eigenvalue weighted by Gasteiger charge is -2.15. The second-order valence-electron chi connectivity index (χ2n) is 7.35. The third-order valence-electron chi connectivity index (χ3n) is 5.39. The number of carbonyl (C=O) groups excluding carboxylic acids is 2. The van der Waals surface area contributed by atoms with Gasteiger partial charge in [0, 0.05) is 37.0 Å².